The van der Waals surface area contributed by atoms with E-state index < -0.39 is 5.41 Å². The SMILES string of the molecule is CC12CN(C(=O)c3ccccc3)CC1CCNC2=O. The van der Waals surface area contributed by atoms with Gasteiger partial charge in [-0.25, -0.2) is 0 Å². The zero-order valence-electron chi connectivity index (χ0n) is 11.1. The molecule has 2 heterocycles. The molecule has 1 N–H and O–H groups in total. The summed E-state index contributed by atoms with van der Waals surface area (Å²) >= 11 is 0. The third-order valence-corrected chi connectivity index (χ3v) is 4.47. The molecule has 0 aliphatic carbocycles. The molecular weight excluding hydrogens is 240 g/mol. The second kappa shape index (κ2) is 4.37. The smallest absolute Gasteiger partial charge is 0.253 e. The highest BCUT2D eigenvalue weighted by atomic mass is 16.2. The Bertz CT molecular complexity index is 514. The van der Waals surface area contributed by atoms with Gasteiger partial charge in [-0.3, -0.25) is 9.59 Å². The first kappa shape index (κ1) is 12.2. The number of piperidine rings is 1. The van der Waals surface area contributed by atoms with E-state index in [-0.39, 0.29) is 17.7 Å². The fourth-order valence-corrected chi connectivity index (χ4v) is 3.20. The first-order chi connectivity index (χ1) is 9.11. The van der Waals surface area contributed by atoms with Crippen molar-refractivity contribution in [2.45, 2.75) is 13.3 Å². The number of carbonyl (C=O) groups excluding carboxylic acids is 2. The molecule has 0 aromatic heterocycles. The van der Waals surface area contributed by atoms with Crippen molar-refractivity contribution in [3.8, 4) is 0 Å². The summed E-state index contributed by atoms with van der Waals surface area (Å²) < 4.78 is 0. The largest absolute Gasteiger partial charge is 0.356 e. The van der Waals surface area contributed by atoms with Crippen molar-refractivity contribution in [2.24, 2.45) is 11.3 Å². The van der Waals surface area contributed by atoms with E-state index in [1.165, 1.54) is 0 Å². The van der Waals surface area contributed by atoms with Gasteiger partial charge in [-0.15, -0.1) is 0 Å². The Hall–Kier alpha value is -1.84. The zero-order chi connectivity index (χ0) is 13.5. The molecule has 0 spiro atoms. The monoisotopic (exact) mass is 258 g/mol. The third kappa shape index (κ3) is 1.91. The number of amides is 2. The van der Waals surface area contributed by atoms with Crippen LogP contribution in [0.15, 0.2) is 30.3 Å². The third-order valence-electron chi connectivity index (χ3n) is 4.47. The molecule has 2 fully saturated rings. The Balaban J connectivity index is 1.82. The van der Waals surface area contributed by atoms with E-state index in [1.54, 1.807) is 0 Å². The van der Waals surface area contributed by atoms with Crippen LogP contribution >= 0.6 is 0 Å². The van der Waals surface area contributed by atoms with E-state index in [0.29, 0.717) is 18.7 Å². The fraction of sp³-hybridized carbons (Fsp3) is 0.467. The lowest BCUT2D eigenvalue weighted by atomic mass is 9.75. The minimum atomic E-state index is -0.414. The first-order valence-electron chi connectivity index (χ1n) is 6.74. The van der Waals surface area contributed by atoms with E-state index in [2.05, 4.69) is 5.32 Å². The molecule has 0 bridgehead atoms. The van der Waals surface area contributed by atoms with Gasteiger partial charge in [0.15, 0.2) is 0 Å². The maximum atomic E-state index is 12.4. The molecule has 2 unspecified atom stereocenters. The van der Waals surface area contributed by atoms with Crippen LogP contribution in [0.3, 0.4) is 0 Å². The topological polar surface area (TPSA) is 49.4 Å². The van der Waals surface area contributed by atoms with Gasteiger partial charge in [0, 0.05) is 25.2 Å². The average molecular weight is 258 g/mol. The van der Waals surface area contributed by atoms with Gasteiger partial charge in [-0.05, 0) is 31.4 Å². The molecule has 2 amide bonds. The number of nitrogens with zero attached hydrogens (tertiary/aromatic N) is 1. The quantitative estimate of drug-likeness (QED) is 0.825. The van der Waals surface area contributed by atoms with Gasteiger partial charge >= 0.3 is 0 Å². The molecule has 19 heavy (non-hydrogen) atoms. The van der Waals surface area contributed by atoms with E-state index in [9.17, 15) is 9.59 Å². The summed E-state index contributed by atoms with van der Waals surface area (Å²) in [6.07, 6.45) is 0.959. The van der Waals surface area contributed by atoms with Crippen molar-refractivity contribution < 1.29 is 9.59 Å². The normalized spacial score (nSPS) is 29.8. The molecular formula is C15H18N2O2. The van der Waals surface area contributed by atoms with Crippen LogP contribution in [0.25, 0.3) is 0 Å². The maximum Gasteiger partial charge on any atom is 0.253 e. The van der Waals surface area contributed by atoms with Gasteiger partial charge < -0.3 is 10.2 Å². The highest BCUT2D eigenvalue weighted by Gasteiger charge is 2.51. The van der Waals surface area contributed by atoms with Crippen molar-refractivity contribution in [3.63, 3.8) is 0 Å². The van der Waals surface area contributed by atoms with Gasteiger partial charge in [0.1, 0.15) is 0 Å². The minimum Gasteiger partial charge on any atom is -0.356 e. The van der Waals surface area contributed by atoms with Gasteiger partial charge in [0.2, 0.25) is 5.91 Å². The van der Waals surface area contributed by atoms with Crippen LogP contribution in [0.2, 0.25) is 0 Å². The van der Waals surface area contributed by atoms with Crippen molar-refractivity contribution >= 4 is 11.8 Å². The van der Waals surface area contributed by atoms with Gasteiger partial charge in [-0.1, -0.05) is 18.2 Å². The number of hydrogen-bond acceptors (Lipinski definition) is 2. The molecule has 0 saturated carbocycles. The van der Waals surface area contributed by atoms with Crippen LogP contribution < -0.4 is 5.32 Å². The molecule has 1 aromatic carbocycles. The number of carbonyl (C=O) groups is 2. The average Bonchev–Trinajstić information content (AvgIpc) is 2.79. The molecule has 4 heteroatoms. The van der Waals surface area contributed by atoms with Crippen LogP contribution in [0.4, 0.5) is 0 Å². The highest BCUT2D eigenvalue weighted by Crippen LogP contribution is 2.40. The Morgan fingerprint density at radius 1 is 1.37 bits per heavy atom. The first-order valence-corrected chi connectivity index (χ1v) is 6.74. The molecule has 2 aliphatic rings. The summed E-state index contributed by atoms with van der Waals surface area (Å²) in [6.45, 7) is 3.92. The van der Waals surface area contributed by atoms with Crippen LogP contribution in [0.1, 0.15) is 23.7 Å². The Morgan fingerprint density at radius 3 is 2.79 bits per heavy atom. The van der Waals surface area contributed by atoms with Gasteiger partial charge in [0.05, 0.1) is 5.41 Å². The van der Waals surface area contributed by atoms with E-state index >= 15 is 0 Å². The lowest BCUT2D eigenvalue weighted by Gasteiger charge is -2.33. The second-order valence-corrected chi connectivity index (χ2v) is 5.71. The number of benzene rings is 1. The lowest BCUT2D eigenvalue weighted by Crippen LogP contribution is -2.49. The summed E-state index contributed by atoms with van der Waals surface area (Å²) in [5, 5.41) is 2.92. The zero-order valence-corrected chi connectivity index (χ0v) is 11.1. The standard InChI is InChI=1S/C15H18N2O2/c1-15-10-17(9-12(15)7-8-16-14(15)19)13(18)11-5-3-2-4-6-11/h2-6,12H,7-10H2,1H3,(H,16,19). The molecule has 100 valence electrons. The summed E-state index contributed by atoms with van der Waals surface area (Å²) in [4.78, 5) is 26.3. The molecule has 2 saturated heterocycles. The highest BCUT2D eigenvalue weighted by molar-refractivity contribution is 5.95. The van der Waals surface area contributed by atoms with Crippen LogP contribution in [0.5, 0.6) is 0 Å². The Morgan fingerprint density at radius 2 is 2.11 bits per heavy atom. The lowest BCUT2D eigenvalue weighted by molar-refractivity contribution is -0.133. The predicted octanol–water partition coefficient (Wildman–Crippen LogP) is 1.28. The maximum absolute atomic E-state index is 12.4. The van der Waals surface area contributed by atoms with E-state index in [4.69, 9.17) is 0 Å². The minimum absolute atomic E-state index is 0.0315. The molecule has 2 aliphatic heterocycles. The van der Waals surface area contributed by atoms with Crippen LogP contribution in [-0.4, -0.2) is 36.3 Å². The number of rotatable bonds is 1. The second-order valence-electron chi connectivity index (χ2n) is 5.71. The number of nitrogens with one attached hydrogen (secondary N) is 1. The Labute approximate surface area is 112 Å². The van der Waals surface area contributed by atoms with Gasteiger partial charge in [-0.2, -0.15) is 0 Å². The van der Waals surface area contributed by atoms with E-state index in [1.807, 2.05) is 42.2 Å². The van der Waals surface area contributed by atoms with Crippen molar-refractivity contribution in [1.29, 1.82) is 0 Å². The summed E-state index contributed by atoms with van der Waals surface area (Å²) in [7, 11) is 0. The molecule has 3 rings (SSSR count). The number of fused-ring (bicyclic) bond motifs is 1. The van der Waals surface area contributed by atoms with Gasteiger partial charge in [0.25, 0.3) is 5.91 Å². The summed E-state index contributed by atoms with van der Waals surface area (Å²) in [5.74, 6) is 0.407. The number of likely N-dealkylation sites (tertiary alicyclic amines) is 1. The summed E-state index contributed by atoms with van der Waals surface area (Å²) in [5.41, 5.74) is 0.285. The predicted molar refractivity (Wildman–Crippen MR) is 71.6 cm³/mol. The number of hydrogen-bond donors (Lipinski definition) is 1. The molecule has 1 aromatic rings. The summed E-state index contributed by atoms with van der Waals surface area (Å²) in [6, 6.07) is 9.28. The molecule has 4 nitrogen and oxygen atoms in total. The van der Waals surface area contributed by atoms with Crippen molar-refractivity contribution in [1.82, 2.24) is 10.2 Å². The van der Waals surface area contributed by atoms with E-state index in [0.717, 1.165) is 13.0 Å². The molecule has 0 radical (unpaired) electrons. The Kier molecular flexibility index (Phi) is 2.81. The molecule has 2 atom stereocenters. The van der Waals surface area contributed by atoms with Crippen LogP contribution in [-0.2, 0) is 4.79 Å². The van der Waals surface area contributed by atoms with Crippen molar-refractivity contribution in [2.75, 3.05) is 19.6 Å². The fourth-order valence-electron chi connectivity index (χ4n) is 3.20. The van der Waals surface area contributed by atoms with Crippen molar-refractivity contribution in [3.05, 3.63) is 35.9 Å². The van der Waals surface area contributed by atoms with Crippen LogP contribution in [0, 0.1) is 11.3 Å².